The van der Waals surface area contributed by atoms with Crippen LogP contribution in [0.3, 0.4) is 0 Å². The van der Waals surface area contributed by atoms with Gasteiger partial charge >= 0.3 is 0 Å². The van der Waals surface area contributed by atoms with Crippen LogP contribution in [-0.2, 0) is 9.59 Å². The summed E-state index contributed by atoms with van der Waals surface area (Å²) in [5, 5.41) is 2.88. The van der Waals surface area contributed by atoms with Gasteiger partial charge in [0.2, 0.25) is 11.8 Å². The van der Waals surface area contributed by atoms with E-state index in [1.165, 1.54) is 5.56 Å². The van der Waals surface area contributed by atoms with Crippen molar-refractivity contribution in [3.05, 3.63) is 54.1 Å². The Morgan fingerprint density at radius 3 is 2.69 bits per heavy atom. The van der Waals surface area contributed by atoms with Crippen molar-refractivity contribution in [1.82, 2.24) is 0 Å². The molecule has 1 unspecified atom stereocenters. The highest BCUT2D eigenvalue weighted by atomic mass is 16.5. The van der Waals surface area contributed by atoms with E-state index < -0.39 is 0 Å². The SMILES string of the molecule is COc1cccc(NC(=O)C2CC(=O)N(c3cccc(C(C)C)c3)C2)c1. The quantitative estimate of drug-likeness (QED) is 0.890. The van der Waals surface area contributed by atoms with Crippen molar-refractivity contribution in [3.8, 4) is 5.75 Å². The standard InChI is InChI=1S/C21H24N2O3/c1-14(2)15-6-4-8-18(10-15)23-13-16(11-20(23)24)21(25)22-17-7-5-9-19(12-17)26-3/h4-10,12,14,16H,11,13H2,1-3H3,(H,22,25). The molecule has 2 aromatic carbocycles. The number of rotatable bonds is 5. The minimum Gasteiger partial charge on any atom is -0.497 e. The molecule has 3 rings (SSSR count). The third kappa shape index (κ3) is 3.87. The number of methoxy groups -OCH3 is 1. The number of nitrogens with zero attached hydrogens (tertiary/aromatic N) is 1. The molecule has 1 aliphatic heterocycles. The van der Waals surface area contributed by atoms with Crippen LogP contribution in [0.2, 0.25) is 0 Å². The number of anilines is 2. The summed E-state index contributed by atoms with van der Waals surface area (Å²) in [4.78, 5) is 26.7. The fraction of sp³-hybridized carbons (Fsp3) is 0.333. The molecule has 0 radical (unpaired) electrons. The molecule has 136 valence electrons. The van der Waals surface area contributed by atoms with Crippen LogP contribution in [0, 0.1) is 5.92 Å². The van der Waals surface area contributed by atoms with E-state index in [2.05, 4.69) is 25.2 Å². The Kier molecular flexibility index (Phi) is 5.26. The van der Waals surface area contributed by atoms with Crippen LogP contribution in [-0.4, -0.2) is 25.5 Å². The van der Waals surface area contributed by atoms with E-state index in [0.717, 1.165) is 5.69 Å². The number of amides is 2. The smallest absolute Gasteiger partial charge is 0.229 e. The molecule has 0 bridgehead atoms. The molecule has 0 saturated carbocycles. The number of carbonyl (C=O) groups is 2. The molecule has 1 aliphatic rings. The van der Waals surface area contributed by atoms with E-state index in [9.17, 15) is 9.59 Å². The lowest BCUT2D eigenvalue weighted by Crippen LogP contribution is -2.28. The predicted octanol–water partition coefficient (Wildman–Crippen LogP) is 3.81. The van der Waals surface area contributed by atoms with Crippen molar-refractivity contribution < 1.29 is 14.3 Å². The third-order valence-electron chi connectivity index (χ3n) is 4.68. The molecule has 0 aromatic heterocycles. The average molecular weight is 352 g/mol. The highest BCUT2D eigenvalue weighted by Crippen LogP contribution is 2.28. The lowest BCUT2D eigenvalue weighted by atomic mass is 10.0. The number of ether oxygens (including phenoxy) is 1. The van der Waals surface area contributed by atoms with Crippen LogP contribution in [0.4, 0.5) is 11.4 Å². The summed E-state index contributed by atoms with van der Waals surface area (Å²) in [6, 6.07) is 15.2. The Bertz CT molecular complexity index is 816. The normalized spacial score (nSPS) is 16.8. The minimum absolute atomic E-state index is 0.0169. The lowest BCUT2D eigenvalue weighted by Gasteiger charge is -2.18. The molecule has 0 spiro atoms. The van der Waals surface area contributed by atoms with Gasteiger partial charge in [-0.3, -0.25) is 9.59 Å². The number of hydrogen-bond donors (Lipinski definition) is 1. The second-order valence-electron chi connectivity index (χ2n) is 6.88. The number of hydrogen-bond acceptors (Lipinski definition) is 3. The first-order chi connectivity index (χ1) is 12.5. The van der Waals surface area contributed by atoms with Gasteiger partial charge in [-0.2, -0.15) is 0 Å². The van der Waals surface area contributed by atoms with Crippen molar-refractivity contribution in [2.24, 2.45) is 5.92 Å². The molecule has 1 heterocycles. The Hall–Kier alpha value is -2.82. The van der Waals surface area contributed by atoms with Gasteiger partial charge in [-0.05, 0) is 35.7 Å². The molecule has 2 amide bonds. The maximum atomic E-state index is 12.6. The van der Waals surface area contributed by atoms with Gasteiger partial charge in [-0.15, -0.1) is 0 Å². The molecular weight excluding hydrogens is 328 g/mol. The fourth-order valence-corrected chi connectivity index (χ4v) is 3.13. The van der Waals surface area contributed by atoms with Crippen LogP contribution in [0.1, 0.15) is 31.7 Å². The van der Waals surface area contributed by atoms with E-state index in [0.29, 0.717) is 23.9 Å². The van der Waals surface area contributed by atoms with E-state index in [4.69, 9.17) is 4.74 Å². The van der Waals surface area contributed by atoms with Gasteiger partial charge in [-0.25, -0.2) is 0 Å². The molecule has 1 N–H and O–H groups in total. The molecule has 5 nitrogen and oxygen atoms in total. The Balaban J connectivity index is 1.70. The second kappa shape index (κ2) is 7.60. The fourth-order valence-electron chi connectivity index (χ4n) is 3.13. The summed E-state index contributed by atoms with van der Waals surface area (Å²) in [7, 11) is 1.58. The maximum Gasteiger partial charge on any atom is 0.229 e. The summed E-state index contributed by atoms with van der Waals surface area (Å²) >= 11 is 0. The summed E-state index contributed by atoms with van der Waals surface area (Å²) in [6.07, 6.45) is 0.224. The zero-order chi connectivity index (χ0) is 18.7. The predicted molar refractivity (Wildman–Crippen MR) is 103 cm³/mol. The molecule has 5 heteroatoms. The molecule has 1 fully saturated rings. The monoisotopic (exact) mass is 352 g/mol. The molecule has 1 saturated heterocycles. The largest absolute Gasteiger partial charge is 0.497 e. The Morgan fingerprint density at radius 2 is 1.96 bits per heavy atom. The van der Waals surface area contributed by atoms with E-state index in [-0.39, 0.29) is 24.2 Å². The Labute approximate surface area is 154 Å². The van der Waals surface area contributed by atoms with Crippen LogP contribution in [0.25, 0.3) is 0 Å². The van der Waals surface area contributed by atoms with Gasteiger partial charge < -0.3 is 15.0 Å². The first-order valence-electron chi connectivity index (χ1n) is 8.83. The first kappa shape index (κ1) is 18.0. The zero-order valence-electron chi connectivity index (χ0n) is 15.4. The van der Waals surface area contributed by atoms with Crippen LogP contribution in [0.5, 0.6) is 5.75 Å². The van der Waals surface area contributed by atoms with Gasteiger partial charge in [-0.1, -0.05) is 32.0 Å². The van der Waals surface area contributed by atoms with Crippen LogP contribution < -0.4 is 15.0 Å². The van der Waals surface area contributed by atoms with Crippen LogP contribution >= 0.6 is 0 Å². The van der Waals surface area contributed by atoms with E-state index in [1.807, 2.05) is 30.3 Å². The van der Waals surface area contributed by atoms with Crippen molar-refractivity contribution >= 4 is 23.2 Å². The molecular formula is C21H24N2O3. The molecule has 0 aliphatic carbocycles. The highest BCUT2D eigenvalue weighted by Gasteiger charge is 2.35. The van der Waals surface area contributed by atoms with Crippen molar-refractivity contribution in [3.63, 3.8) is 0 Å². The Morgan fingerprint density at radius 1 is 1.19 bits per heavy atom. The summed E-state index contributed by atoms with van der Waals surface area (Å²) in [5.74, 6) is 0.541. The molecule has 1 atom stereocenters. The third-order valence-corrected chi connectivity index (χ3v) is 4.68. The lowest BCUT2D eigenvalue weighted by molar-refractivity contribution is -0.122. The van der Waals surface area contributed by atoms with Crippen molar-refractivity contribution in [2.75, 3.05) is 23.9 Å². The number of nitrogens with one attached hydrogen (secondary N) is 1. The molecule has 2 aromatic rings. The second-order valence-corrected chi connectivity index (χ2v) is 6.88. The zero-order valence-corrected chi connectivity index (χ0v) is 15.4. The van der Waals surface area contributed by atoms with Crippen LogP contribution in [0.15, 0.2) is 48.5 Å². The van der Waals surface area contributed by atoms with Crippen molar-refractivity contribution in [1.29, 1.82) is 0 Å². The minimum atomic E-state index is -0.364. The average Bonchev–Trinajstić information content (AvgIpc) is 3.04. The van der Waals surface area contributed by atoms with Gasteiger partial charge in [0.25, 0.3) is 0 Å². The highest BCUT2D eigenvalue weighted by molar-refractivity contribution is 6.03. The van der Waals surface area contributed by atoms with Crippen molar-refractivity contribution in [2.45, 2.75) is 26.2 Å². The van der Waals surface area contributed by atoms with E-state index >= 15 is 0 Å². The summed E-state index contributed by atoms with van der Waals surface area (Å²) in [5.41, 5.74) is 2.71. The van der Waals surface area contributed by atoms with E-state index in [1.54, 1.807) is 24.1 Å². The van der Waals surface area contributed by atoms with Gasteiger partial charge in [0, 0.05) is 30.4 Å². The number of carbonyl (C=O) groups excluding carboxylic acids is 2. The van der Waals surface area contributed by atoms with Gasteiger partial charge in [0.05, 0.1) is 13.0 Å². The first-order valence-corrected chi connectivity index (χ1v) is 8.83. The van der Waals surface area contributed by atoms with Gasteiger partial charge in [0.1, 0.15) is 5.75 Å². The topological polar surface area (TPSA) is 58.6 Å². The summed E-state index contributed by atoms with van der Waals surface area (Å²) < 4.78 is 5.17. The summed E-state index contributed by atoms with van der Waals surface area (Å²) in [6.45, 7) is 4.64. The maximum absolute atomic E-state index is 12.6. The molecule has 26 heavy (non-hydrogen) atoms. The number of benzene rings is 2. The van der Waals surface area contributed by atoms with Gasteiger partial charge in [0.15, 0.2) is 0 Å².